The summed E-state index contributed by atoms with van der Waals surface area (Å²) in [5.74, 6) is 0.692. The Labute approximate surface area is 190 Å². The Morgan fingerprint density at radius 2 is 2.12 bits per heavy atom. The molecule has 3 aromatic rings. The lowest BCUT2D eigenvalue weighted by Gasteiger charge is -2.27. The average molecular weight is 451 g/mol. The van der Waals surface area contributed by atoms with Crippen LogP contribution >= 0.6 is 0 Å². The highest BCUT2D eigenvalue weighted by Crippen LogP contribution is 2.38. The number of nitrogens with one attached hydrogen (secondary N) is 1. The van der Waals surface area contributed by atoms with Crippen molar-refractivity contribution in [3.05, 3.63) is 40.4 Å². The molecule has 0 aliphatic carbocycles. The van der Waals surface area contributed by atoms with Crippen LogP contribution in [-0.2, 0) is 7.05 Å². The van der Waals surface area contributed by atoms with Gasteiger partial charge in [0.1, 0.15) is 5.56 Å². The molecule has 1 N–H and O–H groups in total. The molecule has 4 heterocycles. The molecule has 1 fully saturated rings. The van der Waals surface area contributed by atoms with Gasteiger partial charge in [-0.05, 0) is 38.0 Å². The molecule has 0 saturated carbocycles. The maximum atomic E-state index is 13.8. The molecule has 11 nitrogen and oxygen atoms in total. The number of amides is 1. The third-order valence-corrected chi connectivity index (χ3v) is 5.98. The number of hydrogen-bond acceptors (Lipinski definition) is 9. The van der Waals surface area contributed by atoms with Crippen LogP contribution < -0.4 is 25.6 Å². The minimum absolute atomic E-state index is 0.112. The van der Waals surface area contributed by atoms with Crippen LogP contribution in [0.3, 0.4) is 0 Å². The van der Waals surface area contributed by atoms with Gasteiger partial charge < -0.3 is 24.3 Å². The van der Waals surface area contributed by atoms with E-state index in [1.807, 2.05) is 19.1 Å². The quantitative estimate of drug-likeness (QED) is 0.620. The number of carbonyl (C=O) groups is 1. The van der Waals surface area contributed by atoms with Gasteiger partial charge in [-0.15, -0.1) is 5.10 Å². The molecule has 2 aliphatic rings. The van der Waals surface area contributed by atoms with Crippen molar-refractivity contribution in [2.24, 2.45) is 7.05 Å². The van der Waals surface area contributed by atoms with Crippen molar-refractivity contribution in [3.8, 4) is 17.3 Å². The molecule has 2 aliphatic heterocycles. The summed E-state index contributed by atoms with van der Waals surface area (Å²) in [6.45, 7) is 3.92. The number of fused-ring (bicyclic) bond motifs is 3. The van der Waals surface area contributed by atoms with Crippen molar-refractivity contribution in [2.45, 2.75) is 25.8 Å². The molecular weight excluding hydrogens is 426 g/mol. The number of hydrogen-bond donors (Lipinski definition) is 1. The van der Waals surface area contributed by atoms with Crippen LogP contribution in [0.2, 0.25) is 0 Å². The van der Waals surface area contributed by atoms with Gasteiger partial charge in [0.2, 0.25) is 17.7 Å². The molecule has 5 rings (SSSR count). The smallest absolute Gasteiger partial charge is 0.437 e. The summed E-state index contributed by atoms with van der Waals surface area (Å²) in [6.07, 6.45) is 1.95. The Hall–Kier alpha value is -3.89. The lowest BCUT2D eigenvalue weighted by molar-refractivity contribution is 0.0985. The Kier molecular flexibility index (Phi) is 5.23. The number of rotatable bonds is 5. The molecule has 11 heteroatoms. The summed E-state index contributed by atoms with van der Waals surface area (Å²) in [5, 5.41) is 7.25. The van der Waals surface area contributed by atoms with Gasteiger partial charge in [-0.25, -0.2) is 4.79 Å². The van der Waals surface area contributed by atoms with Crippen molar-refractivity contribution in [1.29, 1.82) is 0 Å². The van der Waals surface area contributed by atoms with E-state index >= 15 is 0 Å². The van der Waals surface area contributed by atoms with Crippen LogP contribution in [0.5, 0.6) is 5.88 Å². The van der Waals surface area contributed by atoms with Gasteiger partial charge >= 0.3 is 5.76 Å². The number of aryl methyl sites for hydroxylation is 1. The lowest BCUT2D eigenvalue weighted by Crippen LogP contribution is -2.39. The molecule has 0 unspecified atom stereocenters. The fraction of sp³-hybridized carbons (Fsp3) is 0.409. The zero-order chi connectivity index (χ0) is 23.1. The van der Waals surface area contributed by atoms with Crippen molar-refractivity contribution in [3.63, 3.8) is 0 Å². The summed E-state index contributed by atoms with van der Waals surface area (Å²) in [6, 6.07) is 7.37. The average Bonchev–Trinajstić information content (AvgIpc) is 3.40. The van der Waals surface area contributed by atoms with Gasteiger partial charge in [-0.1, -0.05) is 6.07 Å². The summed E-state index contributed by atoms with van der Waals surface area (Å²) in [4.78, 5) is 38.6. The molecule has 1 atom stereocenters. The summed E-state index contributed by atoms with van der Waals surface area (Å²) >= 11 is 0. The second-order valence-corrected chi connectivity index (χ2v) is 8.04. The molecule has 0 radical (unpaired) electrons. The molecular formula is C22H25N7O4. The normalized spacial score (nSPS) is 17.5. The summed E-state index contributed by atoms with van der Waals surface area (Å²) < 4.78 is 11.9. The van der Waals surface area contributed by atoms with Crippen molar-refractivity contribution < 1.29 is 13.9 Å². The predicted octanol–water partition coefficient (Wildman–Crippen LogP) is 1.90. The number of carbonyl (C=O) groups excluding carboxylic acids is 1. The van der Waals surface area contributed by atoms with Gasteiger partial charge in [-0.3, -0.25) is 4.79 Å². The van der Waals surface area contributed by atoms with Crippen LogP contribution in [0.1, 0.15) is 30.1 Å². The molecule has 1 amide bonds. The van der Waals surface area contributed by atoms with E-state index in [1.54, 1.807) is 17.0 Å². The Bertz CT molecular complexity index is 1270. The second-order valence-electron chi connectivity index (χ2n) is 8.04. The van der Waals surface area contributed by atoms with Gasteiger partial charge in [0, 0.05) is 44.0 Å². The Balaban J connectivity index is 1.62. The standard InChI is InChI=1S/C22H25N7O4/c1-4-23-21-24-17-16(19(25-21)32-3)20(30)29(12-15-9-6-10-28(15)17)14-8-5-7-13(11-14)18-26-27(2)22(31)33-18/h5,7-8,11,15H,4,6,9-10,12H2,1-3H3,(H,23,24,25)/t15-/m0/s1. The molecule has 172 valence electrons. The molecule has 2 aromatic heterocycles. The van der Waals surface area contributed by atoms with Crippen LogP contribution in [0.4, 0.5) is 17.5 Å². The first-order valence-corrected chi connectivity index (χ1v) is 10.9. The van der Waals surface area contributed by atoms with E-state index in [4.69, 9.17) is 9.15 Å². The highest BCUT2D eigenvalue weighted by atomic mass is 16.5. The largest absolute Gasteiger partial charge is 0.480 e. The summed E-state index contributed by atoms with van der Waals surface area (Å²) in [5.41, 5.74) is 1.62. The first kappa shape index (κ1) is 21.0. The highest BCUT2D eigenvalue weighted by molar-refractivity contribution is 6.12. The van der Waals surface area contributed by atoms with Gasteiger partial charge in [0.15, 0.2) is 5.82 Å². The van der Waals surface area contributed by atoms with Crippen LogP contribution in [0.15, 0.2) is 33.5 Å². The second kappa shape index (κ2) is 8.23. The number of methoxy groups -OCH3 is 1. The van der Waals surface area contributed by atoms with Crippen molar-refractivity contribution in [1.82, 2.24) is 19.7 Å². The van der Waals surface area contributed by atoms with E-state index in [-0.39, 0.29) is 23.7 Å². The number of benzene rings is 1. The molecule has 1 aromatic carbocycles. The SMILES string of the molecule is CCNc1nc(OC)c2c(n1)N1CCC[C@H]1CN(c1cccc(-c3nn(C)c(=O)o3)c1)C2=O. The van der Waals surface area contributed by atoms with Crippen LogP contribution in [-0.4, -0.2) is 58.4 Å². The van der Waals surface area contributed by atoms with Gasteiger partial charge in [0.05, 0.1) is 7.11 Å². The molecule has 1 saturated heterocycles. The highest BCUT2D eigenvalue weighted by Gasteiger charge is 2.40. The zero-order valence-corrected chi connectivity index (χ0v) is 18.7. The molecule has 33 heavy (non-hydrogen) atoms. The topological polar surface area (TPSA) is 119 Å². The van der Waals surface area contributed by atoms with E-state index < -0.39 is 5.76 Å². The Morgan fingerprint density at radius 3 is 2.85 bits per heavy atom. The molecule has 0 bridgehead atoms. The number of nitrogens with zero attached hydrogens (tertiary/aromatic N) is 6. The maximum Gasteiger partial charge on any atom is 0.437 e. The van der Waals surface area contributed by atoms with E-state index in [1.165, 1.54) is 14.2 Å². The van der Waals surface area contributed by atoms with Crippen molar-refractivity contribution >= 4 is 23.4 Å². The maximum absolute atomic E-state index is 13.8. The monoisotopic (exact) mass is 451 g/mol. The first-order valence-electron chi connectivity index (χ1n) is 10.9. The summed E-state index contributed by atoms with van der Waals surface area (Å²) in [7, 11) is 3.03. The Morgan fingerprint density at radius 1 is 1.27 bits per heavy atom. The van der Waals surface area contributed by atoms with E-state index in [0.29, 0.717) is 41.7 Å². The fourth-order valence-corrected chi connectivity index (χ4v) is 4.43. The lowest BCUT2D eigenvalue weighted by atomic mass is 10.1. The van der Waals surface area contributed by atoms with E-state index in [2.05, 4.69) is 25.3 Å². The third-order valence-electron chi connectivity index (χ3n) is 5.98. The number of anilines is 3. The zero-order valence-electron chi connectivity index (χ0n) is 18.7. The minimum atomic E-state index is -0.546. The predicted molar refractivity (Wildman–Crippen MR) is 122 cm³/mol. The number of ether oxygens (including phenoxy) is 1. The number of aromatic nitrogens is 4. The fourth-order valence-electron chi connectivity index (χ4n) is 4.43. The van der Waals surface area contributed by atoms with Gasteiger partial charge in [0.25, 0.3) is 5.91 Å². The van der Waals surface area contributed by atoms with Gasteiger partial charge in [-0.2, -0.15) is 14.6 Å². The third kappa shape index (κ3) is 3.59. The van der Waals surface area contributed by atoms with Crippen molar-refractivity contribution in [2.75, 3.05) is 41.9 Å². The first-order chi connectivity index (χ1) is 16.0. The van der Waals surface area contributed by atoms with E-state index in [0.717, 1.165) is 24.1 Å². The minimum Gasteiger partial charge on any atom is -0.480 e. The molecule has 0 spiro atoms. The van der Waals surface area contributed by atoms with Crippen LogP contribution in [0, 0.1) is 0 Å². The van der Waals surface area contributed by atoms with E-state index in [9.17, 15) is 9.59 Å². The van der Waals surface area contributed by atoms with Crippen LogP contribution in [0.25, 0.3) is 11.5 Å².